The summed E-state index contributed by atoms with van der Waals surface area (Å²) in [5.74, 6) is 0. The maximum Gasteiger partial charge on any atom is 0.143 e. The molecule has 0 aliphatic rings. The van der Waals surface area contributed by atoms with Gasteiger partial charge in [0.1, 0.15) is 11.2 Å². The normalized spacial score (nSPS) is 12.2. The molecule has 0 saturated heterocycles. The van der Waals surface area contributed by atoms with Crippen LogP contribution in [0.5, 0.6) is 0 Å². The van der Waals surface area contributed by atoms with Gasteiger partial charge in [0, 0.05) is 49.6 Å². The molecule has 3 heteroatoms. The van der Waals surface area contributed by atoms with Crippen molar-refractivity contribution >= 4 is 76.7 Å². The number of rotatable bonds is 9. The van der Waals surface area contributed by atoms with Gasteiger partial charge in [-0.05, 0) is 118 Å². The van der Waals surface area contributed by atoms with E-state index in [1.54, 1.807) is 0 Å². The van der Waals surface area contributed by atoms with Gasteiger partial charge >= 0.3 is 0 Å². The minimum Gasteiger partial charge on any atom is -0.455 e. The van der Waals surface area contributed by atoms with Crippen molar-refractivity contribution in [2.24, 2.45) is 0 Å². The summed E-state index contributed by atoms with van der Waals surface area (Å²) in [6.07, 6.45) is 7.59. The van der Waals surface area contributed by atoms with Crippen molar-refractivity contribution in [1.29, 1.82) is 0 Å². The molecule has 3 nitrogen and oxygen atoms in total. The molecule has 2 aromatic heterocycles. The Labute approximate surface area is 378 Å². The summed E-state index contributed by atoms with van der Waals surface area (Å²) >= 11 is 0. The van der Waals surface area contributed by atoms with E-state index >= 15 is 0 Å². The van der Waals surface area contributed by atoms with Crippen LogP contribution in [0.15, 0.2) is 247 Å². The van der Waals surface area contributed by atoms with Crippen molar-refractivity contribution in [3.63, 3.8) is 0 Å². The van der Waals surface area contributed by atoms with Gasteiger partial charge in [-0.1, -0.05) is 170 Å². The van der Waals surface area contributed by atoms with Gasteiger partial charge in [0.15, 0.2) is 0 Å². The summed E-state index contributed by atoms with van der Waals surface area (Å²) in [5.41, 5.74) is 14.5. The molecule has 0 bridgehead atoms. The number of nitrogens with zero attached hydrogens (tertiary/aromatic N) is 2. The average molecular weight is 833 g/mol. The van der Waals surface area contributed by atoms with Gasteiger partial charge in [0.05, 0.1) is 16.7 Å². The number of aromatic nitrogens is 1. The molecule has 0 unspecified atom stereocenters. The molecule has 0 fully saturated rings. The standard InChI is InChI=1S/C62H44N2O/c1-2-49(23-15-21-44-19-6-11-29-57(44)64-59-31-13-9-27-53(59)54-28-10-14-32-60(54)64)63(50-24-16-22-46(40-50)47-34-33-42-17-3-4-20-45(42)39-47)58-30-12-8-25-51(58)48-36-38-61-56(41-48)55-37-35-43-18-5-7-26-52(43)62(55)65-61/h2-20,22-41H,21H2,1H3/b23-15-,49-2+. The van der Waals surface area contributed by atoms with E-state index in [4.69, 9.17) is 4.42 Å². The van der Waals surface area contributed by atoms with Crippen LogP contribution in [0.25, 0.3) is 93.2 Å². The number of furan rings is 1. The van der Waals surface area contributed by atoms with Gasteiger partial charge in [-0.3, -0.25) is 0 Å². The third-order valence-corrected chi connectivity index (χ3v) is 13.0. The first-order valence-corrected chi connectivity index (χ1v) is 22.4. The minimum absolute atomic E-state index is 0.750. The van der Waals surface area contributed by atoms with E-state index < -0.39 is 0 Å². The number of anilines is 2. The van der Waals surface area contributed by atoms with Gasteiger partial charge < -0.3 is 13.9 Å². The smallest absolute Gasteiger partial charge is 0.143 e. The third kappa shape index (κ3) is 6.68. The number of para-hydroxylation sites is 4. The quantitative estimate of drug-likeness (QED) is 0.135. The van der Waals surface area contributed by atoms with E-state index in [9.17, 15) is 0 Å². The highest BCUT2D eigenvalue weighted by molar-refractivity contribution is 6.16. The van der Waals surface area contributed by atoms with Crippen molar-refractivity contribution < 1.29 is 4.42 Å². The number of hydrogen-bond acceptors (Lipinski definition) is 2. The maximum absolute atomic E-state index is 6.57. The van der Waals surface area contributed by atoms with Crippen molar-refractivity contribution in [3.05, 3.63) is 248 Å². The zero-order valence-electron chi connectivity index (χ0n) is 36.0. The molecule has 2 heterocycles. The second-order valence-electron chi connectivity index (χ2n) is 16.8. The van der Waals surface area contributed by atoms with Gasteiger partial charge in [-0.15, -0.1) is 0 Å². The molecule has 0 aliphatic heterocycles. The van der Waals surface area contributed by atoms with E-state index in [0.29, 0.717) is 0 Å². The summed E-state index contributed by atoms with van der Waals surface area (Å²) < 4.78 is 8.99. The molecule has 0 amide bonds. The predicted molar refractivity (Wildman–Crippen MR) is 276 cm³/mol. The molecular weight excluding hydrogens is 789 g/mol. The summed E-state index contributed by atoms with van der Waals surface area (Å²) in [5, 5.41) is 9.52. The first-order valence-electron chi connectivity index (χ1n) is 22.4. The van der Waals surface area contributed by atoms with Crippen molar-refractivity contribution in [3.8, 4) is 27.9 Å². The monoisotopic (exact) mass is 832 g/mol. The molecule has 0 radical (unpaired) electrons. The minimum atomic E-state index is 0.750. The largest absolute Gasteiger partial charge is 0.455 e. The SMILES string of the molecule is C/C=C(\C=C/Cc1ccccc1-n1c2ccccc2c2ccccc21)N(c1cccc(-c2ccc3ccccc3c2)c1)c1ccccc1-c1ccc2oc3c4ccccc4ccc3c2c1. The Kier molecular flexibility index (Phi) is 9.46. The fourth-order valence-corrected chi connectivity index (χ4v) is 9.90. The Morgan fingerprint density at radius 2 is 1.15 bits per heavy atom. The van der Waals surface area contributed by atoms with Crippen LogP contribution in [0.3, 0.4) is 0 Å². The molecular formula is C62H44N2O. The summed E-state index contributed by atoms with van der Waals surface area (Å²) in [6, 6.07) is 78.8. The molecule has 0 spiro atoms. The maximum atomic E-state index is 6.57. The summed E-state index contributed by atoms with van der Waals surface area (Å²) in [7, 11) is 0. The van der Waals surface area contributed by atoms with Crippen LogP contribution in [0, 0.1) is 0 Å². The Morgan fingerprint density at radius 3 is 1.98 bits per heavy atom. The second kappa shape index (κ2) is 16.1. The Bertz CT molecular complexity index is 3790. The Balaban J connectivity index is 0.979. The van der Waals surface area contributed by atoms with Gasteiger partial charge in [0.2, 0.25) is 0 Å². The zero-order chi connectivity index (χ0) is 43.3. The topological polar surface area (TPSA) is 21.3 Å². The predicted octanol–water partition coefficient (Wildman–Crippen LogP) is 17.2. The molecule has 10 aromatic carbocycles. The van der Waals surface area contributed by atoms with Crippen molar-refractivity contribution in [2.45, 2.75) is 13.3 Å². The number of fused-ring (bicyclic) bond motifs is 9. The van der Waals surface area contributed by atoms with Crippen LogP contribution in [0.1, 0.15) is 12.5 Å². The molecule has 0 N–H and O–H groups in total. The van der Waals surface area contributed by atoms with E-state index in [-0.39, 0.29) is 0 Å². The highest BCUT2D eigenvalue weighted by Gasteiger charge is 2.20. The van der Waals surface area contributed by atoms with Crippen LogP contribution in [-0.2, 0) is 6.42 Å². The summed E-state index contributed by atoms with van der Waals surface area (Å²) in [6.45, 7) is 2.14. The lowest BCUT2D eigenvalue weighted by molar-refractivity contribution is 0.672. The molecule has 0 atom stereocenters. The van der Waals surface area contributed by atoms with Crippen LogP contribution in [0.4, 0.5) is 11.4 Å². The van der Waals surface area contributed by atoms with Gasteiger partial charge in [-0.2, -0.15) is 0 Å². The first kappa shape index (κ1) is 38.3. The Morgan fingerprint density at radius 1 is 0.492 bits per heavy atom. The average Bonchev–Trinajstić information content (AvgIpc) is 3.92. The fourth-order valence-electron chi connectivity index (χ4n) is 9.90. The van der Waals surface area contributed by atoms with E-state index in [2.05, 4.69) is 253 Å². The van der Waals surface area contributed by atoms with Crippen molar-refractivity contribution in [1.82, 2.24) is 4.57 Å². The molecule has 12 aromatic rings. The third-order valence-electron chi connectivity index (χ3n) is 13.0. The first-order chi connectivity index (χ1) is 32.2. The second-order valence-corrected chi connectivity index (χ2v) is 16.8. The van der Waals surface area contributed by atoms with E-state index in [1.807, 2.05) is 0 Å². The number of benzene rings is 10. The zero-order valence-corrected chi connectivity index (χ0v) is 36.0. The van der Waals surface area contributed by atoms with Crippen LogP contribution in [0.2, 0.25) is 0 Å². The molecule has 308 valence electrons. The highest BCUT2D eigenvalue weighted by Crippen LogP contribution is 2.43. The molecule has 0 aliphatic carbocycles. The van der Waals surface area contributed by atoms with Crippen LogP contribution < -0.4 is 4.90 Å². The Hall–Kier alpha value is -8.40. The van der Waals surface area contributed by atoms with Gasteiger partial charge in [-0.25, -0.2) is 0 Å². The fraction of sp³-hybridized carbons (Fsp3) is 0.0323. The lowest BCUT2D eigenvalue weighted by Crippen LogP contribution is -2.16. The van der Waals surface area contributed by atoms with Crippen molar-refractivity contribution in [2.75, 3.05) is 4.90 Å². The summed E-state index contributed by atoms with van der Waals surface area (Å²) in [4.78, 5) is 2.42. The lowest BCUT2D eigenvalue weighted by atomic mass is 9.98. The molecule has 0 saturated carbocycles. The number of hydrogen-bond donors (Lipinski definition) is 0. The molecule has 65 heavy (non-hydrogen) atoms. The molecule has 12 rings (SSSR count). The van der Waals surface area contributed by atoms with Gasteiger partial charge in [0.25, 0.3) is 0 Å². The highest BCUT2D eigenvalue weighted by atomic mass is 16.3. The van der Waals surface area contributed by atoms with Crippen LogP contribution in [-0.4, -0.2) is 4.57 Å². The van der Waals surface area contributed by atoms with Crippen LogP contribution >= 0.6 is 0 Å². The van der Waals surface area contributed by atoms with E-state index in [1.165, 1.54) is 54.8 Å². The lowest BCUT2D eigenvalue weighted by Gasteiger charge is -2.29. The number of allylic oxidation sites excluding steroid dienone is 3. The van der Waals surface area contributed by atoms with E-state index in [0.717, 1.165) is 67.5 Å².